The first-order valence-corrected chi connectivity index (χ1v) is 21.3. The van der Waals surface area contributed by atoms with E-state index in [9.17, 15) is 38.7 Å². The predicted octanol–water partition coefficient (Wildman–Crippen LogP) is 6.45. The predicted molar refractivity (Wildman–Crippen MR) is 242 cm³/mol. The number of aryl methyl sites for hydroxylation is 1. The number of carbonyl (C=O) groups excluding carboxylic acids is 6. The van der Waals surface area contributed by atoms with E-state index in [2.05, 4.69) is 43.6 Å². The first-order chi connectivity index (χ1) is 29.6. The van der Waals surface area contributed by atoms with Gasteiger partial charge < -0.3 is 37.0 Å². The summed E-state index contributed by atoms with van der Waals surface area (Å²) >= 11 is 0. The van der Waals surface area contributed by atoms with Crippen LogP contribution in [0.3, 0.4) is 0 Å². The van der Waals surface area contributed by atoms with Crippen LogP contribution in [-0.4, -0.2) is 77.4 Å². The molecule has 2 aromatic rings. The van der Waals surface area contributed by atoms with Crippen molar-refractivity contribution in [2.24, 2.45) is 10.9 Å². The molecule has 3 rings (SSSR count). The van der Waals surface area contributed by atoms with E-state index in [1.807, 2.05) is 32.0 Å². The molecule has 0 saturated heterocycles. The van der Waals surface area contributed by atoms with Crippen molar-refractivity contribution in [2.75, 3.05) is 17.2 Å². The summed E-state index contributed by atoms with van der Waals surface area (Å²) in [6.45, 7) is 10.9. The fourth-order valence-corrected chi connectivity index (χ4v) is 7.13. The molecule has 7 N–H and O–H groups in total. The first-order valence-electron chi connectivity index (χ1n) is 21.3. The lowest BCUT2D eigenvalue weighted by Crippen LogP contribution is -2.62. The van der Waals surface area contributed by atoms with Crippen LogP contribution in [0.5, 0.6) is 0 Å². The lowest BCUT2D eigenvalue weighted by atomic mass is 9.75. The molecule has 15 heteroatoms. The third-order valence-electron chi connectivity index (χ3n) is 10.5. The number of unbranched alkanes of at least 4 members (excludes halogenated alkanes) is 1. The van der Waals surface area contributed by atoms with Gasteiger partial charge in [-0.3, -0.25) is 33.8 Å². The number of hydrogen-bond acceptors (Lipinski definition) is 8. The zero-order chi connectivity index (χ0) is 45.5. The smallest absolute Gasteiger partial charge is 0.323 e. The zero-order valence-electron chi connectivity index (χ0n) is 36.4. The third kappa shape index (κ3) is 17.7. The number of allylic oxidation sites excluding steroid dienone is 4. The van der Waals surface area contributed by atoms with Gasteiger partial charge in [0, 0.05) is 42.5 Å². The molecule has 2 atom stereocenters. The average Bonchev–Trinajstić information content (AvgIpc) is 3.23. The van der Waals surface area contributed by atoms with Crippen LogP contribution in [-0.2, 0) is 35.2 Å². The van der Waals surface area contributed by atoms with Crippen molar-refractivity contribution in [1.82, 2.24) is 21.3 Å². The lowest BCUT2D eigenvalue weighted by molar-refractivity contribution is -0.138. The monoisotopic (exact) mass is 853 g/mol. The number of carbonyl (C=O) groups is 7. The highest BCUT2D eigenvalue weighted by molar-refractivity contribution is 6.00. The molecule has 0 bridgehead atoms. The number of aliphatic imine (C=N–C) groups is 1. The number of carboxylic acids is 1. The number of nitrogens with zero attached hydrogens (tertiary/aromatic N) is 1. The maximum Gasteiger partial charge on any atom is 0.323 e. The van der Waals surface area contributed by atoms with Crippen molar-refractivity contribution in [3.05, 3.63) is 95.7 Å². The summed E-state index contributed by atoms with van der Waals surface area (Å²) in [5.74, 6) is -3.49. The number of Topliss-reactive ketones (excluding diaryl/α,β-unsaturated/α-hetero) is 1. The second-order valence-electron chi connectivity index (χ2n) is 15.9. The molecule has 15 nitrogen and oxygen atoms in total. The number of benzene rings is 2. The molecule has 1 saturated carbocycles. The summed E-state index contributed by atoms with van der Waals surface area (Å²) in [4.78, 5) is 95.0. The van der Waals surface area contributed by atoms with Gasteiger partial charge >= 0.3 is 12.0 Å². The Labute approximate surface area is 364 Å². The summed E-state index contributed by atoms with van der Waals surface area (Å²) in [6, 6.07) is 11.4. The molecule has 1 fully saturated rings. The summed E-state index contributed by atoms with van der Waals surface area (Å²) in [7, 11) is 0. The Morgan fingerprint density at radius 2 is 1.52 bits per heavy atom. The van der Waals surface area contributed by atoms with Gasteiger partial charge in [0.2, 0.25) is 23.6 Å². The van der Waals surface area contributed by atoms with E-state index in [4.69, 9.17) is 0 Å². The summed E-state index contributed by atoms with van der Waals surface area (Å²) < 4.78 is 0. The zero-order valence-corrected chi connectivity index (χ0v) is 36.4. The van der Waals surface area contributed by atoms with Crippen molar-refractivity contribution in [1.29, 1.82) is 0 Å². The SMILES string of the molecule is C=N\C=C/C=C(C)/C=C/C(=O)NCCCC[C@@H](NC(=O)Cc1ccc(NC(=O)Nc2ccccc2C)cc1)C(=O)N[C@@H](CCCC(=O)O)C(=O)NC1(C(=O)C(C)C)CCCCC1. The third-order valence-corrected chi connectivity index (χ3v) is 10.5. The van der Waals surface area contributed by atoms with Crippen molar-refractivity contribution >= 4 is 59.5 Å². The molecule has 0 aliphatic heterocycles. The van der Waals surface area contributed by atoms with Crippen LogP contribution in [0.25, 0.3) is 0 Å². The van der Waals surface area contributed by atoms with Crippen LogP contribution >= 0.6 is 0 Å². The maximum atomic E-state index is 14.0. The van der Waals surface area contributed by atoms with E-state index in [0.717, 1.165) is 30.4 Å². The van der Waals surface area contributed by atoms with Gasteiger partial charge in [0.25, 0.3) is 0 Å². The normalized spacial score (nSPS) is 14.7. The van der Waals surface area contributed by atoms with Gasteiger partial charge in [-0.2, -0.15) is 0 Å². The second-order valence-corrected chi connectivity index (χ2v) is 15.9. The van der Waals surface area contributed by atoms with Gasteiger partial charge in [-0.25, -0.2) is 4.79 Å². The number of amides is 6. The number of urea groups is 1. The largest absolute Gasteiger partial charge is 0.481 e. The standard InChI is InChI=1S/C47H63N7O8/c1-32(2)43(59)47(27-10-6-11-28-47)54-45(61)39(19-13-20-42(57)58)52-44(60)38(18-9-12-30-49-40(55)26-21-33(3)15-14-29-48-5)51-41(56)31-35-22-24-36(25-23-35)50-46(62)53-37-17-8-7-16-34(37)4/h7-8,14-17,21-26,29,32,38-39H,5-6,9-13,18-20,27-28,30-31H2,1-4H3,(H,49,55)(H,51,56)(H,52,60)(H,54,61)(H,57,58)(H2,50,53,62)/b26-21+,29-14-,33-15+/t38-,39+/m1/s1. The number of rotatable bonds is 24. The van der Waals surface area contributed by atoms with E-state index >= 15 is 0 Å². The van der Waals surface area contributed by atoms with E-state index in [1.54, 1.807) is 62.4 Å². The number of ketones is 1. The molecular formula is C47H63N7O8. The number of aliphatic carboxylic acids is 1. The van der Waals surface area contributed by atoms with Crippen LogP contribution in [0.1, 0.15) is 103 Å². The van der Waals surface area contributed by atoms with Gasteiger partial charge in [-0.05, 0) is 101 Å². The Morgan fingerprint density at radius 1 is 0.839 bits per heavy atom. The minimum Gasteiger partial charge on any atom is -0.481 e. The number of anilines is 2. The number of hydrogen-bond donors (Lipinski definition) is 7. The second kappa shape index (κ2) is 26.1. The Balaban J connectivity index is 1.73. The lowest BCUT2D eigenvalue weighted by Gasteiger charge is -2.39. The average molecular weight is 854 g/mol. The van der Waals surface area contributed by atoms with E-state index in [-0.39, 0.29) is 49.7 Å². The highest BCUT2D eigenvalue weighted by Gasteiger charge is 2.43. The molecule has 1 aliphatic carbocycles. The minimum atomic E-state index is -1.17. The molecule has 0 aromatic heterocycles. The Hall–Kier alpha value is -6.38. The van der Waals surface area contributed by atoms with E-state index in [1.165, 1.54) is 12.3 Å². The van der Waals surface area contributed by atoms with Gasteiger partial charge in [-0.15, -0.1) is 0 Å². The Morgan fingerprint density at radius 3 is 2.18 bits per heavy atom. The summed E-state index contributed by atoms with van der Waals surface area (Å²) in [6.07, 6.45) is 12.2. The van der Waals surface area contributed by atoms with Gasteiger partial charge in [0.1, 0.15) is 12.1 Å². The van der Waals surface area contributed by atoms with Crippen molar-refractivity contribution in [3.63, 3.8) is 0 Å². The van der Waals surface area contributed by atoms with Crippen molar-refractivity contribution < 1.29 is 38.7 Å². The van der Waals surface area contributed by atoms with Crippen LogP contribution < -0.4 is 31.9 Å². The number of carboxylic acid groups (broad SMARTS) is 1. The highest BCUT2D eigenvalue weighted by Crippen LogP contribution is 2.31. The van der Waals surface area contributed by atoms with Crippen molar-refractivity contribution in [2.45, 2.75) is 122 Å². The molecule has 0 heterocycles. The molecule has 0 unspecified atom stereocenters. The number of nitrogens with one attached hydrogen (secondary N) is 6. The van der Waals surface area contributed by atoms with Gasteiger partial charge in [0.05, 0.1) is 12.0 Å². The highest BCUT2D eigenvalue weighted by atomic mass is 16.4. The molecular weight excluding hydrogens is 791 g/mol. The molecule has 2 aromatic carbocycles. The summed E-state index contributed by atoms with van der Waals surface area (Å²) in [5.41, 5.74) is 2.43. The molecule has 6 amide bonds. The molecule has 1 aliphatic rings. The first kappa shape index (κ1) is 50.0. The van der Waals surface area contributed by atoms with Crippen LogP contribution in [0.4, 0.5) is 16.2 Å². The maximum absolute atomic E-state index is 14.0. The van der Waals surface area contributed by atoms with Crippen LogP contribution in [0.2, 0.25) is 0 Å². The molecule has 334 valence electrons. The Bertz CT molecular complexity index is 1970. The topological polar surface area (TPSA) is 224 Å². The van der Waals surface area contributed by atoms with Crippen LogP contribution in [0, 0.1) is 12.8 Å². The Kier molecular flexibility index (Phi) is 21.0. The fraction of sp³-hybridized carbons (Fsp3) is 0.447. The van der Waals surface area contributed by atoms with Gasteiger partial charge in [0.15, 0.2) is 5.78 Å². The van der Waals surface area contributed by atoms with Crippen molar-refractivity contribution in [3.8, 4) is 0 Å². The fourth-order valence-electron chi connectivity index (χ4n) is 7.13. The molecule has 0 spiro atoms. The van der Waals surface area contributed by atoms with Crippen LogP contribution in [0.15, 0.2) is 89.6 Å². The quantitative estimate of drug-likeness (QED) is 0.0268. The van der Waals surface area contributed by atoms with E-state index in [0.29, 0.717) is 49.2 Å². The molecule has 0 radical (unpaired) electrons. The number of para-hydroxylation sites is 1. The van der Waals surface area contributed by atoms with Gasteiger partial charge in [-0.1, -0.05) is 81.2 Å². The van der Waals surface area contributed by atoms with E-state index < -0.39 is 47.3 Å². The molecule has 62 heavy (non-hydrogen) atoms. The minimum absolute atomic E-state index is 0.00447. The summed E-state index contributed by atoms with van der Waals surface area (Å²) in [5, 5.41) is 26.3.